The summed E-state index contributed by atoms with van der Waals surface area (Å²) < 4.78 is 25.7. The lowest BCUT2D eigenvalue weighted by Crippen LogP contribution is -2.14. The summed E-state index contributed by atoms with van der Waals surface area (Å²) in [4.78, 5) is 0. The van der Waals surface area contributed by atoms with E-state index in [-0.39, 0.29) is 0 Å². The third-order valence-corrected chi connectivity index (χ3v) is 2.80. The third kappa shape index (κ3) is 5.56. The van der Waals surface area contributed by atoms with E-state index in [1.54, 1.807) is 0 Å². The number of hydrogen-bond acceptors (Lipinski definition) is 1. The van der Waals surface area contributed by atoms with Gasteiger partial charge < -0.3 is 5.32 Å². The van der Waals surface area contributed by atoms with Crippen LogP contribution in [0.25, 0.3) is 0 Å². The first kappa shape index (κ1) is 13.6. The molecule has 0 heterocycles. The Morgan fingerprint density at radius 3 is 2.31 bits per heavy atom. The number of alkyl halides is 1. The Kier molecular flexibility index (Phi) is 6.57. The van der Waals surface area contributed by atoms with Gasteiger partial charge in [-0.2, -0.15) is 0 Å². The molecule has 0 aliphatic heterocycles. The van der Waals surface area contributed by atoms with E-state index in [4.69, 9.17) is 0 Å². The highest BCUT2D eigenvalue weighted by molar-refractivity contribution is 9.09. The van der Waals surface area contributed by atoms with Crippen molar-refractivity contribution < 1.29 is 8.78 Å². The number of rotatable bonds is 7. The fourth-order valence-electron chi connectivity index (χ4n) is 1.47. The normalized spacial score (nSPS) is 10.7. The molecule has 1 aromatic rings. The minimum Gasteiger partial charge on any atom is -0.313 e. The average Bonchev–Trinajstić information content (AvgIpc) is 2.22. The average molecular weight is 292 g/mol. The summed E-state index contributed by atoms with van der Waals surface area (Å²) in [5.41, 5.74) is 0.651. The molecule has 90 valence electrons. The SMILES string of the molecule is Fc1cc(F)cc(CNCCCCCBr)c1. The van der Waals surface area contributed by atoms with E-state index in [9.17, 15) is 8.78 Å². The van der Waals surface area contributed by atoms with Crippen molar-refractivity contribution in [3.8, 4) is 0 Å². The van der Waals surface area contributed by atoms with Crippen LogP contribution in [0, 0.1) is 11.6 Å². The van der Waals surface area contributed by atoms with Crippen molar-refractivity contribution in [1.29, 1.82) is 0 Å². The van der Waals surface area contributed by atoms with Gasteiger partial charge >= 0.3 is 0 Å². The van der Waals surface area contributed by atoms with Gasteiger partial charge in [0.15, 0.2) is 0 Å². The smallest absolute Gasteiger partial charge is 0.126 e. The summed E-state index contributed by atoms with van der Waals surface area (Å²) in [5, 5.41) is 4.20. The fourth-order valence-corrected chi connectivity index (χ4v) is 1.86. The first-order valence-electron chi connectivity index (χ1n) is 5.44. The fraction of sp³-hybridized carbons (Fsp3) is 0.500. The van der Waals surface area contributed by atoms with Crippen molar-refractivity contribution in [2.24, 2.45) is 0 Å². The maximum absolute atomic E-state index is 12.8. The van der Waals surface area contributed by atoms with E-state index in [0.29, 0.717) is 12.1 Å². The molecule has 0 atom stereocenters. The molecule has 0 fully saturated rings. The Labute approximate surface area is 103 Å². The Hall–Kier alpha value is -0.480. The van der Waals surface area contributed by atoms with Crippen LogP contribution in [0.2, 0.25) is 0 Å². The quantitative estimate of drug-likeness (QED) is 0.598. The first-order chi connectivity index (χ1) is 7.72. The van der Waals surface area contributed by atoms with Gasteiger partial charge in [-0.15, -0.1) is 0 Å². The lowest BCUT2D eigenvalue weighted by atomic mass is 10.2. The second-order valence-corrected chi connectivity index (χ2v) is 4.50. The Morgan fingerprint density at radius 2 is 1.69 bits per heavy atom. The van der Waals surface area contributed by atoms with Gasteiger partial charge in [-0.1, -0.05) is 22.4 Å². The predicted molar refractivity (Wildman–Crippen MR) is 65.7 cm³/mol. The number of hydrogen-bond donors (Lipinski definition) is 1. The van der Waals surface area contributed by atoms with Crippen LogP contribution in [0.15, 0.2) is 18.2 Å². The number of halogens is 3. The van der Waals surface area contributed by atoms with Crippen LogP contribution < -0.4 is 5.32 Å². The van der Waals surface area contributed by atoms with E-state index >= 15 is 0 Å². The predicted octanol–water partition coefficient (Wildman–Crippen LogP) is 3.62. The van der Waals surface area contributed by atoms with Crippen molar-refractivity contribution in [2.45, 2.75) is 25.8 Å². The molecule has 0 saturated carbocycles. The van der Waals surface area contributed by atoms with Gasteiger partial charge in [-0.05, 0) is 37.1 Å². The van der Waals surface area contributed by atoms with Crippen LogP contribution in [0.5, 0.6) is 0 Å². The van der Waals surface area contributed by atoms with Crippen LogP contribution >= 0.6 is 15.9 Å². The van der Waals surface area contributed by atoms with Crippen molar-refractivity contribution in [1.82, 2.24) is 5.32 Å². The Morgan fingerprint density at radius 1 is 1.00 bits per heavy atom. The highest BCUT2D eigenvalue weighted by Crippen LogP contribution is 2.07. The number of benzene rings is 1. The highest BCUT2D eigenvalue weighted by Gasteiger charge is 1.99. The van der Waals surface area contributed by atoms with Gasteiger partial charge in [0.2, 0.25) is 0 Å². The molecule has 1 N–H and O–H groups in total. The Balaban J connectivity index is 2.21. The van der Waals surface area contributed by atoms with Crippen LogP contribution in [-0.4, -0.2) is 11.9 Å². The number of nitrogens with one attached hydrogen (secondary N) is 1. The van der Waals surface area contributed by atoms with Gasteiger partial charge in [0.25, 0.3) is 0 Å². The molecule has 4 heteroatoms. The standard InChI is InChI=1S/C12H16BrF2N/c13-4-2-1-3-5-16-9-10-6-11(14)8-12(15)7-10/h6-8,16H,1-5,9H2. The summed E-state index contributed by atoms with van der Waals surface area (Å²) in [6.07, 6.45) is 3.41. The van der Waals surface area contributed by atoms with Crippen molar-refractivity contribution in [3.05, 3.63) is 35.4 Å². The zero-order valence-corrected chi connectivity index (χ0v) is 10.7. The van der Waals surface area contributed by atoms with Crippen molar-refractivity contribution >= 4 is 15.9 Å². The zero-order chi connectivity index (χ0) is 11.8. The summed E-state index contributed by atoms with van der Waals surface area (Å²) in [5.74, 6) is -1.04. The Bertz CT molecular complexity index is 298. The molecule has 0 spiro atoms. The van der Waals surface area contributed by atoms with Crippen LogP contribution in [-0.2, 0) is 6.54 Å². The van der Waals surface area contributed by atoms with Crippen molar-refractivity contribution in [3.63, 3.8) is 0 Å². The molecule has 0 unspecified atom stereocenters. The largest absolute Gasteiger partial charge is 0.313 e. The first-order valence-corrected chi connectivity index (χ1v) is 6.56. The van der Waals surface area contributed by atoms with Crippen LogP contribution in [0.3, 0.4) is 0 Å². The maximum atomic E-state index is 12.8. The summed E-state index contributed by atoms with van der Waals surface area (Å²) in [7, 11) is 0. The van der Waals surface area contributed by atoms with Crippen molar-refractivity contribution in [2.75, 3.05) is 11.9 Å². The monoisotopic (exact) mass is 291 g/mol. The van der Waals surface area contributed by atoms with Gasteiger partial charge in [0.05, 0.1) is 0 Å². The van der Waals surface area contributed by atoms with Gasteiger partial charge in [0.1, 0.15) is 11.6 Å². The molecule has 0 amide bonds. The molecule has 0 aromatic heterocycles. The van der Waals surface area contributed by atoms with E-state index in [0.717, 1.165) is 37.2 Å². The molecule has 0 radical (unpaired) electrons. The molecule has 0 saturated heterocycles. The molecule has 1 aromatic carbocycles. The highest BCUT2D eigenvalue weighted by atomic mass is 79.9. The molecule has 0 aliphatic rings. The molecular formula is C12H16BrF2N. The molecule has 1 rings (SSSR count). The maximum Gasteiger partial charge on any atom is 0.126 e. The topological polar surface area (TPSA) is 12.0 Å². The molecular weight excluding hydrogens is 276 g/mol. The lowest BCUT2D eigenvalue weighted by Gasteiger charge is -2.05. The van der Waals surface area contributed by atoms with Gasteiger partial charge in [-0.3, -0.25) is 0 Å². The van der Waals surface area contributed by atoms with E-state index in [2.05, 4.69) is 21.2 Å². The van der Waals surface area contributed by atoms with E-state index < -0.39 is 11.6 Å². The third-order valence-electron chi connectivity index (χ3n) is 2.24. The van der Waals surface area contributed by atoms with E-state index in [1.165, 1.54) is 12.1 Å². The molecule has 0 aliphatic carbocycles. The molecule has 16 heavy (non-hydrogen) atoms. The second kappa shape index (κ2) is 7.74. The van der Waals surface area contributed by atoms with Gasteiger partial charge in [-0.25, -0.2) is 8.78 Å². The van der Waals surface area contributed by atoms with Gasteiger partial charge in [0, 0.05) is 17.9 Å². The summed E-state index contributed by atoms with van der Waals surface area (Å²) in [6.45, 7) is 1.40. The van der Waals surface area contributed by atoms with E-state index in [1.807, 2.05) is 0 Å². The molecule has 1 nitrogen and oxygen atoms in total. The second-order valence-electron chi connectivity index (χ2n) is 3.70. The number of unbranched alkanes of at least 4 members (excludes halogenated alkanes) is 2. The summed E-state index contributed by atoms with van der Waals surface area (Å²) >= 11 is 3.37. The zero-order valence-electron chi connectivity index (χ0n) is 9.11. The molecule has 0 bridgehead atoms. The van der Waals surface area contributed by atoms with Crippen LogP contribution in [0.4, 0.5) is 8.78 Å². The minimum atomic E-state index is -0.518. The summed E-state index contributed by atoms with van der Waals surface area (Å²) in [6, 6.07) is 3.60. The minimum absolute atomic E-state index is 0.517. The lowest BCUT2D eigenvalue weighted by molar-refractivity contribution is 0.571. The van der Waals surface area contributed by atoms with Crippen LogP contribution in [0.1, 0.15) is 24.8 Å².